The van der Waals surface area contributed by atoms with E-state index in [4.69, 9.17) is 0 Å². The Morgan fingerprint density at radius 2 is 0.430 bits per heavy atom. The summed E-state index contributed by atoms with van der Waals surface area (Å²) < 4.78 is 9.58. The van der Waals surface area contributed by atoms with E-state index >= 15 is 0 Å². The molecule has 5 nitrogen and oxygen atoms in total. The van der Waals surface area contributed by atoms with E-state index in [1.165, 1.54) is 170 Å². The third-order valence-electron chi connectivity index (χ3n) is 20.7. The molecular weight excluding hydrogens is 1210 g/mol. The molecule has 5 heterocycles. The Balaban J connectivity index is 0.000000135. The van der Waals surface area contributed by atoms with Crippen molar-refractivity contribution in [2.75, 3.05) is 0 Å². The molecule has 16 aromatic carbocycles. The highest BCUT2D eigenvalue weighted by molar-refractivity contribution is 6.26. The van der Waals surface area contributed by atoms with Crippen LogP contribution in [-0.2, 0) is 0 Å². The summed E-state index contributed by atoms with van der Waals surface area (Å²) in [5.74, 6) is 0. The van der Waals surface area contributed by atoms with Crippen LogP contribution < -0.4 is 0 Å². The Hall–Kier alpha value is -13.4. The highest BCUT2D eigenvalue weighted by Gasteiger charge is 2.21. The van der Waals surface area contributed by atoms with E-state index in [9.17, 15) is 0 Å². The molecule has 466 valence electrons. The van der Waals surface area contributed by atoms with Crippen LogP contribution >= 0.6 is 0 Å². The van der Waals surface area contributed by atoms with E-state index in [0.29, 0.717) is 0 Å². The van der Waals surface area contributed by atoms with Crippen molar-refractivity contribution >= 4 is 120 Å². The fraction of sp³-hybridized carbons (Fsp3) is 0. The molecule has 0 aliphatic rings. The maximum atomic E-state index is 4.28. The fourth-order valence-corrected chi connectivity index (χ4v) is 16.1. The van der Waals surface area contributed by atoms with Crippen LogP contribution in [0.5, 0.6) is 0 Å². The van der Waals surface area contributed by atoms with Crippen molar-refractivity contribution in [1.82, 2.24) is 23.3 Å². The van der Waals surface area contributed by atoms with Crippen molar-refractivity contribution in [2.24, 2.45) is 0 Å². The van der Waals surface area contributed by atoms with Crippen LogP contribution in [0, 0.1) is 0 Å². The zero-order valence-electron chi connectivity index (χ0n) is 54.5. The lowest BCUT2D eigenvalue weighted by molar-refractivity contribution is 1.16. The monoisotopic (exact) mass is 1270 g/mol. The molecule has 0 radical (unpaired) electrons. The Kier molecular flexibility index (Phi) is 13.2. The molecule has 0 saturated heterocycles. The van der Waals surface area contributed by atoms with Gasteiger partial charge in [-0.15, -0.1) is 0 Å². The van der Waals surface area contributed by atoms with Gasteiger partial charge in [-0.2, -0.15) is 0 Å². The highest BCUT2D eigenvalue weighted by atomic mass is 15.0. The molecule has 0 aliphatic heterocycles. The number of fused-ring (bicyclic) bond motifs is 18. The number of para-hydroxylation sites is 4. The Morgan fingerprint density at radius 1 is 0.140 bits per heavy atom. The van der Waals surface area contributed by atoms with E-state index in [2.05, 4.69) is 381 Å². The van der Waals surface area contributed by atoms with Gasteiger partial charge in [0.2, 0.25) is 0 Å². The van der Waals surface area contributed by atoms with E-state index in [1.807, 2.05) is 12.4 Å². The number of pyridine rings is 1. The molecule has 100 heavy (non-hydrogen) atoms. The average molecular weight is 1270 g/mol. The first-order valence-corrected chi connectivity index (χ1v) is 34.3. The number of hydrogen-bond acceptors (Lipinski definition) is 1. The summed E-state index contributed by atoms with van der Waals surface area (Å²) >= 11 is 0. The molecular formula is C95H61N5. The molecule has 0 aliphatic carbocycles. The lowest BCUT2D eigenvalue weighted by Gasteiger charge is -2.14. The molecule has 0 saturated carbocycles. The molecule has 5 heteroatoms. The van der Waals surface area contributed by atoms with E-state index in [0.717, 1.165) is 17.1 Å². The standard InChI is InChI=1S/C48H32N2.C47H29N3/c1-3-12-33(13-4-1)35-22-26-39(27-23-35)49-45-20-9-7-18-41(45)43-31-37(24-28-47(43)49)38-25-29-48-44(32-38)42-19-8-10-21-46(42)50(48)40-17-11-16-36(30-40)34-14-5-2-6-15-34;1-2-11-36-34(9-1)35-10-3-4-12-37(35)42-29-33(19-21-38(36)42)50-45-16-8-6-14-40(45)43-27-30(18-22-46(43)50)31-17-20-41-39-13-5-7-15-44(39)49(47(41)28-31)32-23-25-48-26-24-32/h1-32H;1-29H. The summed E-state index contributed by atoms with van der Waals surface area (Å²) in [6.45, 7) is 0. The van der Waals surface area contributed by atoms with Gasteiger partial charge in [-0.05, 0) is 192 Å². The molecule has 0 spiro atoms. The maximum absolute atomic E-state index is 4.28. The van der Waals surface area contributed by atoms with Crippen LogP contribution in [0.4, 0.5) is 0 Å². The average Bonchev–Trinajstić information content (AvgIpc) is 1.37. The van der Waals surface area contributed by atoms with Gasteiger partial charge in [0, 0.05) is 78.2 Å². The predicted octanol–water partition coefficient (Wildman–Crippen LogP) is 25.3. The number of aromatic nitrogens is 5. The van der Waals surface area contributed by atoms with Crippen molar-refractivity contribution in [1.29, 1.82) is 0 Å². The lowest BCUT2D eigenvalue weighted by Crippen LogP contribution is -1.95. The van der Waals surface area contributed by atoms with Crippen molar-refractivity contribution in [2.45, 2.75) is 0 Å². The van der Waals surface area contributed by atoms with Crippen LogP contribution in [0.15, 0.2) is 370 Å². The molecule has 0 N–H and O–H groups in total. The topological polar surface area (TPSA) is 32.6 Å². The summed E-state index contributed by atoms with van der Waals surface area (Å²) in [6.07, 6.45) is 3.73. The van der Waals surface area contributed by atoms with Crippen molar-refractivity contribution in [3.8, 4) is 67.3 Å². The Morgan fingerprint density at radius 3 is 0.930 bits per heavy atom. The van der Waals surface area contributed by atoms with Gasteiger partial charge in [0.1, 0.15) is 0 Å². The zero-order chi connectivity index (χ0) is 65.8. The predicted molar refractivity (Wildman–Crippen MR) is 422 cm³/mol. The molecule has 21 aromatic rings. The molecule has 21 rings (SSSR count). The van der Waals surface area contributed by atoms with E-state index in [-0.39, 0.29) is 0 Å². The largest absolute Gasteiger partial charge is 0.309 e. The van der Waals surface area contributed by atoms with Crippen molar-refractivity contribution in [3.05, 3.63) is 370 Å². The summed E-state index contributed by atoms with van der Waals surface area (Å²) in [6, 6.07) is 130. The number of nitrogens with zero attached hydrogens (tertiary/aromatic N) is 5. The van der Waals surface area contributed by atoms with Crippen LogP contribution in [0.1, 0.15) is 0 Å². The minimum Gasteiger partial charge on any atom is -0.309 e. The number of hydrogen-bond donors (Lipinski definition) is 0. The van der Waals surface area contributed by atoms with Crippen molar-refractivity contribution in [3.63, 3.8) is 0 Å². The van der Waals surface area contributed by atoms with Crippen LogP contribution in [0.2, 0.25) is 0 Å². The van der Waals surface area contributed by atoms with Gasteiger partial charge in [-0.1, -0.05) is 243 Å². The molecule has 0 fully saturated rings. The van der Waals surface area contributed by atoms with Gasteiger partial charge in [0.15, 0.2) is 0 Å². The van der Waals surface area contributed by atoms with Gasteiger partial charge in [0.25, 0.3) is 0 Å². The fourth-order valence-electron chi connectivity index (χ4n) is 16.1. The van der Waals surface area contributed by atoms with E-state index < -0.39 is 0 Å². The normalized spacial score (nSPS) is 11.8. The molecule has 0 bridgehead atoms. The Bertz CT molecular complexity index is 6780. The third kappa shape index (κ3) is 9.21. The van der Waals surface area contributed by atoms with Gasteiger partial charge in [0.05, 0.1) is 44.1 Å². The zero-order valence-corrected chi connectivity index (χ0v) is 54.5. The summed E-state index contributed by atoms with van der Waals surface area (Å²) in [4.78, 5) is 4.28. The summed E-state index contributed by atoms with van der Waals surface area (Å²) in [5.41, 5.74) is 23.9. The lowest BCUT2D eigenvalue weighted by atomic mass is 9.94. The first kappa shape index (κ1) is 56.9. The van der Waals surface area contributed by atoms with Gasteiger partial charge in [-0.25, -0.2) is 0 Å². The second-order valence-electron chi connectivity index (χ2n) is 26.2. The van der Waals surface area contributed by atoms with Crippen LogP contribution in [0.25, 0.3) is 187 Å². The number of benzene rings is 16. The highest BCUT2D eigenvalue weighted by Crippen LogP contribution is 2.43. The molecule has 0 unspecified atom stereocenters. The Labute approximate surface area is 576 Å². The maximum Gasteiger partial charge on any atom is 0.0547 e. The van der Waals surface area contributed by atoms with Gasteiger partial charge < -0.3 is 18.3 Å². The van der Waals surface area contributed by atoms with Crippen LogP contribution in [-0.4, -0.2) is 23.3 Å². The van der Waals surface area contributed by atoms with Gasteiger partial charge >= 0.3 is 0 Å². The first-order chi connectivity index (χ1) is 49.6. The first-order valence-electron chi connectivity index (χ1n) is 34.3. The molecule has 0 amide bonds. The quantitative estimate of drug-likeness (QED) is 0.140. The smallest absolute Gasteiger partial charge is 0.0547 e. The summed E-state index contributed by atoms with van der Waals surface area (Å²) in [5, 5.41) is 17.7. The second kappa shape index (κ2) is 23.2. The van der Waals surface area contributed by atoms with Gasteiger partial charge in [-0.3, -0.25) is 4.98 Å². The molecule has 0 atom stereocenters. The third-order valence-corrected chi connectivity index (χ3v) is 20.7. The number of rotatable bonds is 8. The second-order valence-corrected chi connectivity index (χ2v) is 26.2. The SMILES string of the molecule is c1ccc(-c2ccc(-n3c4ccccc4c4cc(-c5ccc6c(c5)c5ccccc5n6-c5cccc(-c6ccccc6)c5)ccc43)cc2)cc1.c1ccc2c(c1)c1ccccc1c1cc(-n3c4ccccc4c4cc(-c5ccc6c7ccccc7n(-c7ccncc7)c6c5)ccc43)ccc21. The summed E-state index contributed by atoms with van der Waals surface area (Å²) in [7, 11) is 0. The minimum absolute atomic E-state index is 1.11. The van der Waals surface area contributed by atoms with E-state index in [1.54, 1.807) is 0 Å². The minimum atomic E-state index is 1.11. The van der Waals surface area contributed by atoms with Crippen LogP contribution in [0.3, 0.4) is 0 Å². The van der Waals surface area contributed by atoms with Crippen molar-refractivity contribution < 1.29 is 0 Å². The molecule has 5 aromatic heterocycles.